The molecule has 0 aromatic heterocycles. The Kier molecular flexibility index (Phi) is 52.0. The predicted octanol–water partition coefficient (Wildman–Crippen LogP) is 18.2. The van der Waals surface area contributed by atoms with Crippen LogP contribution in [0.4, 0.5) is 0 Å². The molecular formula is C64H117N2O7P. The van der Waals surface area contributed by atoms with Crippen molar-refractivity contribution in [2.45, 2.75) is 283 Å². The number of phosphoric ester groups is 1. The van der Waals surface area contributed by atoms with Crippen LogP contribution in [-0.2, 0) is 27.9 Å². The molecule has 0 saturated carbocycles. The third kappa shape index (κ3) is 54.2. The molecule has 0 aliphatic rings. The molecule has 1 N–H and O–H groups in total. The highest BCUT2D eigenvalue weighted by molar-refractivity contribution is 7.45. The van der Waals surface area contributed by atoms with Gasteiger partial charge >= 0.3 is 5.97 Å². The van der Waals surface area contributed by atoms with E-state index in [0.717, 1.165) is 89.9 Å². The van der Waals surface area contributed by atoms with Crippen LogP contribution in [0.1, 0.15) is 271 Å². The van der Waals surface area contributed by atoms with Crippen LogP contribution >= 0.6 is 7.82 Å². The second-order valence-corrected chi connectivity index (χ2v) is 23.2. The summed E-state index contributed by atoms with van der Waals surface area (Å²) in [5, 5.41) is 3.01. The first-order chi connectivity index (χ1) is 35.9. The van der Waals surface area contributed by atoms with Crippen LogP contribution < -0.4 is 10.2 Å². The van der Waals surface area contributed by atoms with Gasteiger partial charge in [-0.2, -0.15) is 0 Å². The highest BCUT2D eigenvalue weighted by Gasteiger charge is 2.27. The first-order valence-electron chi connectivity index (χ1n) is 30.7. The van der Waals surface area contributed by atoms with E-state index in [1.807, 2.05) is 33.3 Å². The molecule has 0 aliphatic heterocycles. The fourth-order valence-electron chi connectivity index (χ4n) is 8.63. The molecule has 0 aliphatic carbocycles. The molecule has 0 fully saturated rings. The molecule has 0 radical (unpaired) electrons. The highest BCUT2D eigenvalue weighted by Crippen LogP contribution is 2.38. The van der Waals surface area contributed by atoms with E-state index in [1.165, 1.54) is 141 Å². The molecule has 10 heteroatoms. The number of hydrogen-bond acceptors (Lipinski definition) is 7. The molecule has 0 saturated heterocycles. The Morgan fingerprint density at radius 2 is 0.865 bits per heavy atom. The first-order valence-corrected chi connectivity index (χ1v) is 32.2. The molecular weight excluding hydrogens is 940 g/mol. The number of unbranched alkanes of at least 4 members (excludes halogenated alkanes) is 29. The minimum Gasteiger partial charge on any atom is -0.756 e. The summed E-state index contributed by atoms with van der Waals surface area (Å²) in [6.45, 7) is 6.69. The Morgan fingerprint density at radius 1 is 0.486 bits per heavy atom. The van der Waals surface area contributed by atoms with Crippen LogP contribution in [0.2, 0.25) is 0 Å². The second-order valence-electron chi connectivity index (χ2n) is 21.8. The van der Waals surface area contributed by atoms with E-state index in [2.05, 4.69) is 86.8 Å². The Labute approximate surface area is 457 Å². The van der Waals surface area contributed by atoms with Crippen LogP contribution in [-0.4, -0.2) is 69.4 Å². The lowest BCUT2D eigenvalue weighted by atomic mass is 10.0. The van der Waals surface area contributed by atoms with Gasteiger partial charge in [-0.3, -0.25) is 14.2 Å². The van der Waals surface area contributed by atoms with Crippen LogP contribution in [0.5, 0.6) is 0 Å². The van der Waals surface area contributed by atoms with Gasteiger partial charge in [0.15, 0.2) is 0 Å². The van der Waals surface area contributed by atoms with Crippen molar-refractivity contribution in [3.63, 3.8) is 0 Å². The van der Waals surface area contributed by atoms with Crippen molar-refractivity contribution < 1.29 is 37.3 Å². The number of hydrogen-bond donors (Lipinski definition) is 1. The van der Waals surface area contributed by atoms with Crippen molar-refractivity contribution >= 4 is 19.7 Å². The van der Waals surface area contributed by atoms with E-state index in [9.17, 15) is 19.0 Å². The number of amides is 1. The van der Waals surface area contributed by atoms with E-state index < -0.39 is 26.6 Å². The molecule has 3 unspecified atom stereocenters. The normalized spacial score (nSPS) is 14.2. The SMILES string of the molecule is CC/C=C/C/C=C/C/C=C/CCCCCCC(=O)NC(COP(=O)([O-])OCC[N+](C)(C)C)C(/C=C\CCCCCCCCCCCCC)OC(=O)CCCCCCCCCCCCC/C=C\C/C=C\CCCCC. The number of quaternary nitrogens is 1. The number of carbonyl (C=O) groups is 2. The molecule has 9 nitrogen and oxygen atoms in total. The summed E-state index contributed by atoms with van der Waals surface area (Å²) in [4.78, 5) is 39.9. The van der Waals surface area contributed by atoms with Gasteiger partial charge in [-0.25, -0.2) is 0 Å². The minimum absolute atomic E-state index is 0.0292. The number of allylic oxidation sites excluding steroid dienone is 11. The first kappa shape index (κ1) is 71.5. The Balaban J connectivity index is 5.27. The summed E-state index contributed by atoms with van der Waals surface area (Å²) < 4.78 is 30.3. The molecule has 0 bridgehead atoms. The van der Waals surface area contributed by atoms with E-state index in [1.54, 1.807) is 0 Å². The lowest BCUT2D eigenvalue weighted by Gasteiger charge is -2.30. The third-order valence-electron chi connectivity index (χ3n) is 13.4. The van der Waals surface area contributed by atoms with Gasteiger partial charge in [-0.1, -0.05) is 235 Å². The van der Waals surface area contributed by atoms with Crippen molar-refractivity contribution in [3.8, 4) is 0 Å². The van der Waals surface area contributed by atoms with E-state index in [0.29, 0.717) is 17.4 Å². The molecule has 430 valence electrons. The van der Waals surface area contributed by atoms with E-state index >= 15 is 0 Å². The van der Waals surface area contributed by atoms with Crippen LogP contribution in [0.25, 0.3) is 0 Å². The molecule has 0 aromatic carbocycles. The van der Waals surface area contributed by atoms with Crippen molar-refractivity contribution in [2.75, 3.05) is 40.9 Å². The maximum absolute atomic E-state index is 13.5. The smallest absolute Gasteiger partial charge is 0.306 e. The molecule has 1 amide bonds. The van der Waals surface area contributed by atoms with Gasteiger partial charge in [-0.05, 0) is 96.0 Å². The standard InChI is InChI=1S/C64H117N2O7P/c1-7-10-13-16-19-22-25-28-30-31-32-33-34-35-36-39-42-45-48-51-54-57-64(68)73-62(55-52-49-46-43-40-37-27-24-21-18-15-12-9-3)61(60-72-74(69,70)71-59-58-66(4,5)6)65-63(67)56-53-50-47-44-41-38-29-26-23-20-17-14-11-8-2/h11,14,19-20,22-23,28-30,38,52,55,61-62H,7-10,12-13,15-18,21,24-27,31-37,39-51,53-54,56-60H2,1-6H3,(H-,65,67,69,70)/b14-11+,22-19-,23-20+,30-28-,38-29+,55-52-. The second kappa shape index (κ2) is 53.8. The van der Waals surface area contributed by atoms with Crippen LogP contribution in [0.3, 0.4) is 0 Å². The molecule has 0 heterocycles. The zero-order valence-electron chi connectivity index (χ0n) is 49.0. The number of carbonyl (C=O) groups excluding carboxylic acids is 2. The van der Waals surface area contributed by atoms with E-state index in [-0.39, 0.29) is 31.3 Å². The number of rotatable bonds is 55. The van der Waals surface area contributed by atoms with Gasteiger partial charge in [-0.15, -0.1) is 0 Å². The van der Waals surface area contributed by atoms with Gasteiger partial charge in [0.25, 0.3) is 7.82 Å². The maximum atomic E-state index is 13.5. The van der Waals surface area contributed by atoms with Crippen molar-refractivity contribution in [2.24, 2.45) is 0 Å². The quantitative estimate of drug-likeness (QED) is 0.0212. The zero-order valence-corrected chi connectivity index (χ0v) is 49.9. The summed E-state index contributed by atoms with van der Waals surface area (Å²) >= 11 is 0. The summed E-state index contributed by atoms with van der Waals surface area (Å²) in [5.74, 6) is -0.567. The van der Waals surface area contributed by atoms with Crippen molar-refractivity contribution in [1.82, 2.24) is 5.32 Å². The lowest BCUT2D eigenvalue weighted by Crippen LogP contribution is -2.47. The molecule has 74 heavy (non-hydrogen) atoms. The average molecular weight is 1060 g/mol. The summed E-state index contributed by atoms with van der Waals surface area (Å²) in [6.07, 6.45) is 68.7. The van der Waals surface area contributed by atoms with E-state index in [4.69, 9.17) is 13.8 Å². The fourth-order valence-corrected chi connectivity index (χ4v) is 9.35. The maximum Gasteiger partial charge on any atom is 0.306 e. The van der Waals surface area contributed by atoms with Crippen LogP contribution in [0.15, 0.2) is 72.9 Å². The molecule has 0 rings (SSSR count). The number of ether oxygens (including phenoxy) is 1. The zero-order chi connectivity index (χ0) is 54.3. The Morgan fingerprint density at radius 3 is 1.32 bits per heavy atom. The Bertz CT molecular complexity index is 1500. The number of likely N-dealkylation sites (N-methyl/N-ethyl adjacent to an activating group) is 1. The number of nitrogens with one attached hydrogen (secondary N) is 1. The summed E-state index contributed by atoms with van der Waals surface area (Å²) in [5.41, 5.74) is 0. The molecule has 3 atom stereocenters. The number of phosphoric acid groups is 1. The van der Waals surface area contributed by atoms with Crippen molar-refractivity contribution in [1.29, 1.82) is 0 Å². The van der Waals surface area contributed by atoms with Gasteiger partial charge in [0.05, 0.1) is 33.8 Å². The van der Waals surface area contributed by atoms with Gasteiger partial charge in [0, 0.05) is 12.8 Å². The average Bonchev–Trinajstić information content (AvgIpc) is 3.36. The molecule has 0 aromatic rings. The largest absolute Gasteiger partial charge is 0.756 e. The third-order valence-corrected chi connectivity index (χ3v) is 14.3. The minimum atomic E-state index is -4.71. The summed E-state index contributed by atoms with van der Waals surface area (Å²) in [7, 11) is 1.16. The Hall–Kier alpha value is -2.55. The topological polar surface area (TPSA) is 114 Å². The number of nitrogens with zero attached hydrogens (tertiary/aromatic N) is 1. The summed E-state index contributed by atoms with van der Waals surface area (Å²) in [6, 6.07) is -0.902. The predicted molar refractivity (Wildman–Crippen MR) is 316 cm³/mol. The van der Waals surface area contributed by atoms with Gasteiger partial charge in [0.1, 0.15) is 19.3 Å². The van der Waals surface area contributed by atoms with Crippen molar-refractivity contribution in [3.05, 3.63) is 72.9 Å². The number of esters is 1. The monoisotopic (exact) mass is 1060 g/mol. The van der Waals surface area contributed by atoms with Crippen LogP contribution in [0, 0.1) is 0 Å². The highest BCUT2D eigenvalue weighted by atomic mass is 31.2. The van der Waals surface area contributed by atoms with Gasteiger partial charge in [0.2, 0.25) is 5.91 Å². The van der Waals surface area contributed by atoms with Gasteiger partial charge < -0.3 is 28.5 Å². The lowest BCUT2D eigenvalue weighted by molar-refractivity contribution is -0.870. The molecule has 0 spiro atoms. The fraction of sp³-hybridized carbons (Fsp3) is 0.781.